The quantitative estimate of drug-likeness (QED) is 0.773. The maximum Gasteiger partial charge on any atom is 0.313 e. The second kappa shape index (κ2) is 8.06. The highest BCUT2D eigenvalue weighted by Crippen LogP contribution is 2.19. The van der Waals surface area contributed by atoms with Crippen LogP contribution in [0.4, 0.5) is 10.1 Å². The molecule has 2 rings (SSSR count). The van der Waals surface area contributed by atoms with Crippen molar-refractivity contribution in [3.05, 3.63) is 63.9 Å². The molecular weight excluding hydrogens is 375 g/mol. The summed E-state index contributed by atoms with van der Waals surface area (Å²) in [4.78, 5) is 23.6. The van der Waals surface area contributed by atoms with Gasteiger partial charge < -0.3 is 10.6 Å². The lowest BCUT2D eigenvalue weighted by Gasteiger charge is -2.09. The van der Waals surface area contributed by atoms with E-state index in [-0.39, 0.29) is 12.2 Å². The zero-order chi connectivity index (χ0) is 17.7. The molecule has 24 heavy (non-hydrogen) atoms. The van der Waals surface area contributed by atoms with Gasteiger partial charge in [-0.2, -0.15) is 0 Å². The Morgan fingerprint density at radius 2 is 1.75 bits per heavy atom. The minimum Gasteiger partial charge on any atom is -0.344 e. The minimum absolute atomic E-state index is 0.0420. The lowest BCUT2D eigenvalue weighted by Crippen LogP contribution is -2.35. The molecule has 2 aromatic carbocycles. The standard InChI is InChI=1S/C18H18BrFN2O2/c1-11(2)13-5-3-12(4-6-13)10-21-17(23)18(24)22-16-8-7-14(19)9-15(16)20/h3-9,11H,10H2,1-2H3,(H,21,23)(H,22,24). The first-order chi connectivity index (χ1) is 11.4. The molecule has 0 fully saturated rings. The zero-order valence-corrected chi connectivity index (χ0v) is 15.0. The van der Waals surface area contributed by atoms with Crippen molar-refractivity contribution in [1.82, 2.24) is 5.32 Å². The molecule has 4 nitrogen and oxygen atoms in total. The van der Waals surface area contributed by atoms with Crippen molar-refractivity contribution in [3.63, 3.8) is 0 Å². The van der Waals surface area contributed by atoms with Gasteiger partial charge in [-0.15, -0.1) is 0 Å². The molecular formula is C18H18BrFN2O2. The Labute approximate surface area is 148 Å². The molecule has 0 atom stereocenters. The molecule has 0 saturated heterocycles. The average Bonchev–Trinajstić information content (AvgIpc) is 2.55. The Morgan fingerprint density at radius 3 is 2.33 bits per heavy atom. The fourth-order valence-electron chi connectivity index (χ4n) is 2.05. The summed E-state index contributed by atoms with van der Waals surface area (Å²) in [7, 11) is 0. The SMILES string of the molecule is CC(C)c1ccc(CNC(=O)C(=O)Nc2ccc(Br)cc2F)cc1. The molecule has 0 aromatic heterocycles. The summed E-state index contributed by atoms with van der Waals surface area (Å²) in [6.07, 6.45) is 0. The minimum atomic E-state index is -0.907. The summed E-state index contributed by atoms with van der Waals surface area (Å²) in [5.74, 6) is -1.91. The molecule has 2 N–H and O–H groups in total. The highest BCUT2D eigenvalue weighted by Gasteiger charge is 2.15. The molecule has 6 heteroatoms. The van der Waals surface area contributed by atoms with Crippen LogP contribution in [0.1, 0.15) is 30.9 Å². The van der Waals surface area contributed by atoms with Gasteiger partial charge in [-0.3, -0.25) is 9.59 Å². The molecule has 2 amide bonds. The summed E-state index contributed by atoms with van der Waals surface area (Å²) in [5.41, 5.74) is 2.04. The lowest BCUT2D eigenvalue weighted by atomic mass is 10.0. The molecule has 2 aromatic rings. The van der Waals surface area contributed by atoms with Gasteiger partial charge in [-0.25, -0.2) is 4.39 Å². The number of carbonyl (C=O) groups excluding carboxylic acids is 2. The third-order valence-electron chi connectivity index (χ3n) is 3.49. The first-order valence-corrected chi connectivity index (χ1v) is 8.29. The number of rotatable bonds is 4. The smallest absolute Gasteiger partial charge is 0.313 e. The summed E-state index contributed by atoms with van der Waals surface area (Å²) < 4.78 is 14.2. The van der Waals surface area contributed by atoms with Gasteiger partial charge >= 0.3 is 11.8 Å². The molecule has 0 spiro atoms. The largest absolute Gasteiger partial charge is 0.344 e. The van der Waals surface area contributed by atoms with Gasteiger partial charge in [0, 0.05) is 11.0 Å². The molecule has 0 bridgehead atoms. The Kier molecular flexibility index (Phi) is 6.09. The van der Waals surface area contributed by atoms with Gasteiger partial charge in [0.25, 0.3) is 0 Å². The maximum atomic E-state index is 13.7. The van der Waals surface area contributed by atoms with Crippen LogP contribution in [-0.4, -0.2) is 11.8 Å². The van der Waals surface area contributed by atoms with E-state index in [2.05, 4.69) is 40.4 Å². The van der Waals surface area contributed by atoms with E-state index in [1.54, 1.807) is 6.07 Å². The van der Waals surface area contributed by atoms with Gasteiger partial charge in [-0.1, -0.05) is 54.0 Å². The van der Waals surface area contributed by atoms with Gasteiger partial charge in [0.05, 0.1) is 5.69 Å². The van der Waals surface area contributed by atoms with Crippen LogP contribution in [0.3, 0.4) is 0 Å². The number of carbonyl (C=O) groups is 2. The molecule has 0 aliphatic heterocycles. The Balaban J connectivity index is 1.90. The topological polar surface area (TPSA) is 58.2 Å². The number of hydrogen-bond acceptors (Lipinski definition) is 2. The van der Waals surface area contributed by atoms with E-state index in [9.17, 15) is 14.0 Å². The van der Waals surface area contributed by atoms with Crippen LogP contribution in [0.5, 0.6) is 0 Å². The molecule has 126 valence electrons. The predicted molar refractivity (Wildman–Crippen MR) is 95.1 cm³/mol. The van der Waals surface area contributed by atoms with E-state index in [1.807, 2.05) is 24.3 Å². The summed E-state index contributed by atoms with van der Waals surface area (Å²) in [6.45, 7) is 4.43. The molecule has 0 heterocycles. The van der Waals surface area contributed by atoms with Crippen LogP contribution in [0.15, 0.2) is 46.9 Å². The number of benzene rings is 2. The van der Waals surface area contributed by atoms with Crippen molar-refractivity contribution < 1.29 is 14.0 Å². The monoisotopic (exact) mass is 392 g/mol. The normalized spacial score (nSPS) is 10.5. The second-order valence-electron chi connectivity index (χ2n) is 5.66. The molecule has 0 aliphatic rings. The van der Waals surface area contributed by atoms with Crippen molar-refractivity contribution >= 4 is 33.4 Å². The number of amides is 2. The molecule has 0 unspecified atom stereocenters. The predicted octanol–water partition coefficient (Wildman–Crippen LogP) is 3.97. The van der Waals surface area contributed by atoms with E-state index in [1.165, 1.54) is 17.7 Å². The van der Waals surface area contributed by atoms with E-state index < -0.39 is 17.6 Å². The third kappa shape index (κ3) is 4.89. The van der Waals surface area contributed by atoms with Gasteiger partial charge in [-0.05, 0) is 35.2 Å². The highest BCUT2D eigenvalue weighted by molar-refractivity contribution is 9.10. The van der Waals surface area contributed by atoms with Crippen LogP contribution in [0.2, 0.25) is 0 Å². The fraction of sp³-hybridized carbons (Fsp3) is 0.222. The van der Waals surface area contributed by atoms with Crippen LogP contribution in [-0.2, 0) is 16.1 Å². The van der Waals surface area contributed by atoms with Gasteiger partial charge in [0.2, 0.25) is 0 Å². The van der Waals surface area contributed by atoms with Crippen LogP contribution < -0.4 is 10.6 Å². The van der Waals surface area contributed by atoms with Gasteiger partial charge in [0.1, 0.15) is 5.82 Å². The van der Waals surface area contributed by atoms with E-state index >= 15 is 0 Å². The first kappa shape index (κ1) is 18.1. The van der Waals surface area contributed by atoms with Gasteiger partial charge in [0.15, 0.2) is 0 Å². The van der Waals surface area contributed by atoms with E-state index in [0.29, 0.717) is 10.4 Å². The van der Waals surface area contributed by atoms with Crippen molar-refractivity contribution in [2.45, 2.75) is 26.3 Å². The van der Waals surface area contributed by atoms with E-state index in [4.69, 9.17) is 0 Å². The van der Waals surface area contributed by atoms with Crippen LogP contribution >= 0.6 is 15.9 Å². The number of nitrogens with one attached hydrogen (secondary N) is 2. The highest BCUT2D eigenvalue weighted by atomic mass is 79.9. The summed E-state index contributed by atoms with van der Waals surface area (Å²) in [5, 5.41) is 4.77. The molecule has 0 radical (unpaired) electrons. The summed E-state index contributed by atoms with van der Waals surface area (Å²) >= 11 is 3.12. The summed E-state index contributed by atoms with van der Waals surface area (Å²) in [6, 6.07) is 12.0. The van der Waals surface area contributed by atoms with Crippen molar-refractivity contribution in [1.29, 1.82) is 0 Å². The molecule has 0 saturated carbocycles. The lowest BCUT2D eigenvalue weighted by molar-refractivity contribution is -0.136. The first-order valence-electron chi connectivity index (χ1n) is 7.50. The Bertz CT molecular complexity index is 745. The average molecular weight is 393 g/mol. The van der Waals surface area contributed by atoms with E-state index in [0.717, 1.165) is 5.56 Å². The third-order valence-corrected chi connectivity index (χ3v) is 3.98. The zero-order valence-electron chi connectivity index (χ0n) is 13.4. The number of hydrogen-bond donors (Lipinski definition) is 2. The second-order valence-corrected chi connectivity index (χ2v) is 6.57. The fourth-order valence-corrected chi connectivity index (χ4v) is 2.39. The maximum absolute atomic E-state index is 13.7. The van der Waals surface area contributed by atoms with Crippen molar-refractivity contribution in [2.24, 2.45) is 0 Å². The van der Waals surface area contributed by atoms with Crippen molar-refractivity contribution in [2.75, 3.05) is 5.32 Å². The van der Waals surface area contributed by atoms with Crippen LogP contribution in [0.25, 0.3) is 0 Å². The van der Waals surface area contributed by atoms with Crippen molar-refractivity contribution in [3.8, 4) is 0 Å². The number of halogens is 2. The Hall–Kier alpha value is -2.21. The Morgan fingerprint density at radius 1 is 1.08 bits per heavy atom. The molecule has 0 aliphatic carbocycles. The number of anilines is 1. The van der Waals surface area contributed by atoms with Crippen LogP contribution in [0, 0.1) is 5.82 Å².